The molecule has 152 valence electrons. The monoisotopic (exact) mass is 390 g/mol. The van der Waals surface area contributed by atoms with Crippen LogP contribution in [-0.2, 0) is 16.0 Å². The molecule has 0 radical (unpaired) electrons. The van der Waals surface area contributed by atoms with Crippen molar-refractivity contribution in [1.29, 1.82) is 5.26 Å². The van der Waals surface area contributed by atoms with E-state index in [-0.39, 0.29) is 12.0 Å². The summed E-state index contributed by atoms with van der Waals surface area (Å²) in [6.45, 7) is 4.44. The fourth-order valence-electron chi connectivity index (χ4n) is 4.20. The van der Waals surface area contributed by atoms with Crippen LogP contribution in [0.1, 0.15) is 73.7 Å². The fraction of sp³-hybridized carbons (Fsp3) is 0.440. The number of nitriles is 1. The molecule has 3 atom stereocenters. The lowest BCUT2D eigenvalue weighted by atomic mass is 9.95. The Morgan fingerprint density at radius 3 is 2.76 bits per heavy atom. The lowest BCUT2D eigenvalue weighted by Crippen LogP contribution is -2.29. The van der Waals surface area contributed by atoms with E-state index in [1.807, 2.05) is 25.1 Å². The number of nitrogens with zero attached hydrogens (tertiary/aromatic N) is 1. The first kappa shape index (κ1) is 21.1. The summed E-state index contributed by atoms with van der Waals surface area (Å²) in [5, 5.41) is 12.8. The third-order valence-electron chi connectivity index (χ3n) is 5.81. The maximum Gasteiger partial charge on any atom is 0.306 e. The van der Waals surface area contributed by atoms with Crippen LogP contribution in [0.3, 0.4) is 0 Å². The standard InChI is InChI=1S/C25H30N2O2/c1-3-29-25(28)14-9-19-7-10-21(11-8-19)23-12-13-24(16-23)27-18(2)22-6-4-5-20(15-22)17-26/h4-8,10-11,15,18,23-24,27H,3,9,12-14,16H2,1-2H3/t18?,23-,24?/m0/s1. The topological polar surface area (TPSA) is 62.1 Å². The number of carbonyl (C=O) groups is 1. The number of carbonyl (C=O) groups excluding carboxylic acids is 1. The highest BCUT2D eigenvalue weighted by molar-refractivity contribution is 5.69. The Balaban J connectivity index is 1.51. The van der Waals surface area contributed by atoms with Crippen LogP contribution in [-0.4, -0.2) is 18.6 Å². The van der Waals surface area contributed by atoms with Gasteiger partial charge in [-0.15, -0.1) is 0 Å². The molecule has 1 fully saturated rings. The summed E-state index contributed by atoms with van der Waals surface area (Å²) in [7, 11) is 0. The average Bonchev–Trinajstić information content (AvgIpc) is 3.21. The Hall–Kier alpha value is -2.64. The maximum absolute atomic E-state index is 11.5. The molecule has 1 aliphatic rings. The Labute approximate surface area is 173 Å². The molecule has 0 spiro atoms. The van der Waals surface area contributed by atoms with Gasteiger partial charge in [-0.3, -0.25) is 4.79 Å². The van der Waals surface area contributed by atoms with Crippen LogP contribution >= 0.6 is 0 Å². The first-order valence-corrected chi connectivity index (χ1v) is 10.6. The van der Waals surface area contributed by atoms with E-state index >= 15 is 0 Å². The van der Waals surface area contributed by atoms with Gasteiger partial charge in [0.2, 0.25) is 0 Å². The Bertz CT molecular complexity index is 854. The lowest BCUT2D eigenvalue weighted by molar-refractivity contribution is -0.143. The molecule has 0 aliphatic heterocycles. The fourth-order valence-corrected chi connectivity index (χ4v) is 4.20. The molecule has 1 aliphatic carbocycles. The van der Waals surface area contributed by atoms with Crippen LogP contribution in [0.25, 0.3) is 0 Å². The summed E-state index contributed by atoms with van der Waals surface area (Å²) >= 11 is 0. The molecule has 0 saturated heterocycles. The quantitative estimate of drug-likeness (QED) is 0.641. The highest BCUT2D eigenvalue weighted by Crippen LogP contribution is 2.35. The molecule has 4 nitrogen and oxygen atoms in total. The molecule has 2 unspecified atom stereocenters. The van der Waals surface area contributed by atoms with Gasteiger partial charge in [0.15, 0.2) is 0 Å². The number of ether oxygens (including phenoxy) is 1. The summed E-state index contributed by atoms with van der Waals surface area (Å²) in [4.78, 5) is 11.5. The van der Waals surface area contributed by atoms with Crippen molar-refractivity contribution in [3.8, 4) is 6.07 Å². The van der Waals surface area contributed by atoms with Gasteiger partial charge in [0.1, 0.15) is 0 Å². The number of hydrogen-bond acceptors (Lipinski definition) is 4. The molecule has 1 N–H and O–H groups in total. The van der Waals surface area contributed by atoms with Gasteiger partial charge >= 0.3 is 5.97 Å². The normalized spacial score (nSPS) is 19.5. The van der Waals surface area contributed by atoms with Crippen molar-refractivity contribution in [3.05, 3.63) is 70.8 Å². The van der Waals surface area contributed by atoms with Gasteiger partial charge < -0.3 is 10.1 Å². The molecule has 0 amide bonds. The molecule has 0 heterocycles. The Morgan fingerprint density at radius 1 is 1.24 bits per heavy atom. The first-order valence-electron chi connectivity index (χ1n) is 10.6. The van der Waals surface area contributed by atoms with Gasteiger partial charge in [-0.1, -0.05) is 36.4 Å². The van der Waals surface area contributed by atoms with Crippen molar-refractivity contribution in [1.82, 2.24) is 5.32 Å². The lowest BCUT2D eigenvalue weighted by Gasteiger charge is -2.20. The zero-order valence-corrected chi connectivity index (χ0v) is 17.4. The predicted molar refractivity (Wildman–Crippen MR) is 114 cm³/mol. The van der Waals surface area contributed by atoms with Gasteiger partial charge in [0.25, 0.3) is 0 Å². The van der Waals surface area contributed by atoms with Crippen LogP contribution < -0.4 is 5.32 Å². The van der Waals surface area contributed by atoms with Crippen molar-refractivity contribution in [2.45, 2.75) is 64.0 Å². The molecule has 3 rings (SSSR count). The van der Waals surface area contributed by atoms with Crippen LogP contribution in [0, 0.1) is 11.3 Å². The molecule has 0 bridgehead atoms. The van der Waals surface area contributed by atoms with Gasteiger partial charge in [0.05, 0.1) is 18.2 Å². The molecule has 0 aromatic heterocycles. The number of benzene rings is 2. The van der Waals surface area contributed by atoms with Crippen molar-refractivity contribution in [2.24, 2.45) is 0 Å². The molecule has 4 heteroatoms. The highest BCUT2D eigenvalue weighted by atomic mass is 16.5. The second kappa shape index (κ2) is 10.2. The minimum absolute atomic E-state index is 0.129. The van der Waals surface area contributed by atoms with Gasteiger partial charge in [-0.05, 0) is 74.3 Å². The minimum atomic E-state index is -0.129. The zero-order chi connectivity index (χ0) is 20.6. The second-order valence-corrected chi connectivity index (χ2v) is 7.88. The summed E-state index contributed by atoms with van der Waals surface area (Å²) < 4.78 is 5.00. The molecule has 2 aromatic rings. The third kappa shape index (κ3) is 5.92. The number of aryl methyl sites for hydroxylation is 1. The number of nitrogens with one attached hydrogen (secondary N) is 1. The molecule has 29 heavy (non-hydrogen) atoms. The maximum atomic E-state index is 11.5. The predicted octanol–water partition coefficient (Wildman–Crippen LogP) is 5.04. The van der Waals surface area contributed by atoms with E-state index in [2.05, 4.69) is 48.6 Å². The average molecular weight is 391 g/mol. The van der Waals surface area contributed by atoms with Crippen LogP contribution in [0.5, 0.6) is 0 Å². The van der Waals surface area contributed by atoms with Crippen LogP contribution in [0.15, 0.2) is 48.5 Å². The zero-order valence-electron chi connectivity index (χ0n) is 17.4. The van der Waals surface area contributed by atoms with Crippen molar-refractivity contribution in [2.75, 3.05) is 6.61 Å². The SMILES string of the molecule is CCOC(=O)CCc1ccc([C@H]2CCC(NC(C)c3cccc(C#N)c3)C2)cc1. The largest absolute Gasteiger partial charge is 0.466 e. The van der Waals surface area contributed by atoms with E-state index in [1.165, 1.54) is 23.1 Å². The third-order valence-corrected chi connectivity index (χ3v) is 5.81. The van der Waals surface area contributed by atoms with E-state index in [1.54, 1.807) is 0 Å². The van der Waals surface area contributed by atoms with Gasteiger partial charge in [-0.25, -0.2) is 0 Å². The number of rotatable bonds is 8. The number of hydrogen-bond donors (Lipinski definition) is 1. The van der Waals surface area contributed by atoms with E-state index in [0.29, 0.717) is 30.6 Å². The highest BCUT2D eigenvalue weighted by Gasteiger charge is 2.27. The summed E-state index contributed by atoms with van der Waals surface area (Å²) in [6.07, 6.45) is 4.65. The molecule has 1 saturated carbocycles. The summed E-state index contributed by atoms with van der Waals surface area (Å²) in [6, 6.07) is 19.5. The summed E-state index contributed by atoms with van der Waals surface area (Å²) in [5.74, 6) is 0.444. The smallest absolute Gasteiger partial charge is 0.306 e. The van der Waals surface area contributed by atoms with Crippen molar-refractivity contribution < 1.29 is 9.53 Å². The van der Waals surface area contributed by atoms with E-state index < -0.39 is 0 Å². The number of esters is 1. The molecule has 2 aromatic carbocycles. The Morgan fingerprint density at radius 2 is 2.03 bits per heavy atom. The van der Waals surface area contributed by atoms with Crippen molar-refractivity contribution >= 4 is 5.97 Å². The molecular weight excluding hydrogens is 360 g/mol. The minimum Gasteiger partial charge on any atom is -0.466 e. The van der Waals surface area contributed by atoms with E-state index in [9.17, 15) is 4.79 Å². The van der Waals surface area contributed by atoms with Crippen molar-refractivity contribution in [3.63, 3.8) is 0 Å². The molecular formula is C25H30N2O2. The Kier molecular flexibility index (Phi) is 7.43. The summed E-state index contributed by atoms with van der Waals surface area (Å²) in [5.41, 5.74) is 4.44. The van der Waals surface area contributed by atoms with E-state index in [4.69, 9.17) is 10.00 Å². The van der Waals surface area contributed by atoms with Crippen LogP contribution in [0.2, 0.25) is 0 Å². The first-order chi connectivity index (χ1) is 14.1. The van der Waals surface area contributed by atoms with Gasteiger partial charge in [-0.2, -0.15) is 5.26 Å². The van der Waals surface area contributed by atoms with E-state index in [0.717, 1.165) is 19.3 Å². The second-order valence-electron chi connectivity index (χ2n) is 7.88. The van der Waals surface area contributed by atoms with Gasteiger partial charge in [0, 0.05) is 18.5 Å². The van der Waals surface area contributed by atoms with Crippen LogP contribution in [0.4, 0.5) is 0 Å².